The SMILES string of the molecule is CC(C)C[C@H](NS(=O)(=O)N1CCOC(C)(C)C1)C(=O)O. The molecular weight excluding hydrogens is 284 g/mol. The third-order valence-electron chi connectivity index (χ3n) is 3.03. The van der Waals surface area contributed by atoms with Crippen LogP contribution in [0.3, 0.4) is 0 Å². The van der Waals surface area contributed by atoms with E-state index in [1.54, 1.807) is 13.8 Å². The number of carboxylic acid groups (broad SMARTS) is 1. The number of nitrogens with zero attached hydrogens (tertiary/aromatic N) is 1. The Morgan fingerprint density at radius 3 is 2.50 bits per heavy atom. The largest absolute Gasteiger partial charge is 0.480 e. The Balaban J connectivity index is 2.79. The van der Waals surface area contributed by atoms with Crippen LogP contribution in [-0.4, -0.2) is 55.1 Å². The first kappa shape index (κ1) is 17.4. The van der Waals surface area contributed by atoms with Gasteiger partial charge in [-0.3, -0.25) is 4.79 Å². The van der Waals surface area contributed by atoms with Gasteiger partial charge in [0.25, 0.3) is 10.2 Å². The van der Waals surface area contributed by atoms with Crippen LogP contribution in [0.25, 0.3) is 0 Å². The Morgan fingerprint density at radius 1 is 1.45 bits per heavy atom. The molecule has 0 aromatic rings. The van der Waals surface area contributed by atoms with Crippen LogP contribution in [0.1, 0.15) is 34.1 Å². The van der Waals surface area contributed by atoms with Crippen LogP contribution in [0.15, 0.2) is 0 Å². The molecule has 0 aromatic carbocycles. The van der Waals surface area contributed by atoms with E-state index in [1.807, 2.05) is 13.8 Å². The summed E-state index contributed by atoms with van der Waals surface area (Å²) in [5.41, 5.74) is -0.566. The lowest BCUT2D eigenvalue weighted by Crippen LogP contribution is -2.56. The summed E-state index contributed by atoms with van der Waals surface area (Å²) in [6, 6.07) is -1.11. The van der Waals surface area contributed by atoms with E-state index in [4.69, 9.17) is 9.84 Å². The second-order valence-electron chi connectivity index (χ2n) is 6.08. The molecule has 0 amide bonds. The van der Waals surface area contributed by atoms with Crippen LogP contribution < -0.4 is 4.72 Å². The highest BCUT2D eigenvalue weighted by Gasteiger charge is 2.36. The number of morpholine rings is 1. The van der Waals surface area contributed by atoms with Gasteiger partial charge in [0.1, 0.15) is 6.04 Å². The monoisotopic (exact) mass is 308 g/mol. The van der Waals surface area contributed by atoms with Gasteiger partial charge in [0.05, 0.1) is 12.2 Å². The highest BCUT2D eigenvalue weighted by atomic mass is 32.2. The molecule has 1 fully saturated rings. The molecule has 118 valence electrons. The summed E-state index contributed by atoms with van der Waals surface area (Å²) in [6.07, 6.45) is 0.252. The smallest absolute Gasteiger partial charge is 0.321 e. The highest BCUT2D eigenvalue weighted by molar-refractivity contribution is 7.87. The van der Waals surface area contributed by atoms with E-state index >= 15 is 0 Å². The Bertz CT molecular complexity index is 447. The summed E-state index contributed by atoms with van der Waals surface area (Å²) in [7, 11) is -3.82. The van der Waals surface area contributed by atoms with Gasteiger partial charge >= 0.3 is 5.97 Å². The van der Waals surface area contributed by atoms with Gasteiger partial charge in [-0.25, -0.2) is 0 Å². The number of ether oxygens (including phenoxy) is 1. The lowest BCUT2D eigenvalue weighted by Gasteiger charge is -2.37. The van der Waals surface area contributed by atoms with Gasteiger partial charge in [0.2, 0.25) is 0 Å². The molecule has 0 aromatic heterocycles. The standard InChI is InChI=1S/C12H24N2O5S/c1-9(2)7-10(11(15)16)13-20(17,18)14-5-6-19-12(3,4)8-14/h9-10,13H,5-8H2,1-4H3,(H,15,16)/t10-/m0/s1. The second kappa shape index (κ2) is 6.38. The molecule has 1 aliphatic heterocycles. The number of nitrogens with one attached hydrogen (secondary N) is 1. The molecule has 20 heavy (non-hydrogen) atoms. The van der Waals surface area contributed by atoms with Crippen molar-refractivity contribution < 1.29 is 23.1 Å². The van der Waals surface area contributed by atoms with Crippen LogP contribution >= 0.6 is 0 Å². The third-order valence-corrected chi connectivity index (χ3v) is 4.60. The fourth-order valence-corrected chi connectivity index (χ4v) is 3.60. The average Bonchev–Trinajstić information content (AvgIpc) is 2.25. The Morgan fingerprint density at radius 2 is 2.05 bits per heavy atom. The molecule has 1 atom stereocenters. The third kappa shape index (κ3) is 5.01. The molecule has 0 radical (unpaired) electrons. The highest BCUT2D eigenvalue weighted by Crippen LogP contribution is 2.19. The van der Waals surface area contributed by atoms with Crippen molar-refractivity contribution in [3.63, 3.8) is 0 Å². The number of hydrogen-bond donors (Lipinski definition) is 2. The first-order valence-electron chi connectivity index (χ1n) is 6.68. The Kier molecular flexibility index (Phi) is 5.54. The molecule has 1 saturated heterocycles. The fraction of sp³-hybridized carbons (Fsp3) is 0.917. The minimum Gasteiger partial charge on any atom is -0.480 e. The number of rotatable bonds is 6. The van der Waals surface area contributed by atoms with E-state index in [0.29, 0.717) is 6.61 Å². The molecule has 0 unspecified atom stereocenters. The number of aliphatic carboxylic acids is 1. The maximum absolute atomic E-state index is 12.3. The summed E-state index contributed by atoms with van der Waals surface area (Å²) in [6.45, 7) is 8.04. The van der Waals surface area contributed by atoms with Crippen molar-refractivity contribution in [2.75, 3.05) is 19.7 Å². The van der Waals surface area contributed by atoms with E-state index in [2.05, 4.69) is 4.72 Å². The Hall–Kier alpha value is -0.700. The van der Waals surface area contributed by atoms with Gasteiger partial charge in [-0.2, -0.15) is 17.4 Å². The molecule has 0 aliphatic carbocycles. The molecule has 1 heterocycles. The van der Waals surface area contributed by atoms with Gasteiger partial charge in [-0.05, 0) is 26.2 Å². The minimum atomic E-state index is -3.82. The first-order chi connectivity index (χ1) is 9.03. The maximum Gasteiger partial charge on any atom is 0.321 e. The zero-order valence-electron chi connectivity index (χ0n) is 12.4. The number of carboxylic acids is 1. The van der Waals surface area contributed by atoms with Crippen LogP contribution in [0.5, 0.6) is 0 Å². The summed E-state index contributed by atoms with van der Waals surface area (Å²) >= 11 is 0. The van der Waals surface area contributed by atoms with Crippen molar-refractivity contribution in [1.29, 1.82) is 0 Å². The predicted molar refractivity (Wildman–Crippen MR) is 74.5 cm³/mol. The molecule has 0 spiro atoms. The second-order valence-corrected chi connectivity index (χ2v) is 7.79. The normalized spacial score (nSPS) is 21.9. The molecule has 8 heteroatoms. The van der Waals surface area contributed by atoms with Gasteiger partial charge in [-0.15, -0.1) is 0 Å². The maximum atomic E-state index is 12.3. The Labute approximate surface area is 120 Å². The van der Waals surface area contributed by atoms with Gasteiger partial charge in [0.15, 0.2) is 0 Å². The van der Waals surface area contributed by atoms with Crippen LogP contribution in [-0.2, 0) is 19.7 Å². The molecule has 7 nitrogen and oxygen atoms in total. The van der Waals surface area contributed by atoms with Gasteiger partial charge in [-0.1, -0.05) is 13.8 Å². The summed E-state index contributed by atoms with van der Waals surface area (Å²) in [5, 5.41) is 9.12. The van der Waals surface area contributed by atoms with Crippen molar-refractivity contribution in [3.8, 4) is 0 Å². The topological polar surface area (TPSA) is 95.9 Å². The van der Waals surface area contributed by atoms with Crippen LogP contribution in [0, 0.1) is 5.92 Å². The summed E-state index contributed by atoms with van der Waals surface area (Å²) in [4.78, 5) is 11.2. The van der Waals surface area contributed by atoms with E-state index in [0.717, 1.165) is 0 Å². The van der Waals surface area contributed by atoms with Crippen molar-refractivity contribution in [3.05, 3.63) is 0 Å². The molecule has 0 saturated carbocycles. The molecular formula is C12H24N2O5S. The molecule has 2 N–H and O–H groups in total. The van der Waals surface area contributed by atoms with Crippen molar-refractivity contribution >= 4 is 16.2 Å². The zero-order chi connectivity index (χ0) is 15.6. The number of hydrogen-bond acceptors (Lipinski definition) is 4. The first-order valence-corrected chi connectivity index (χ1v) is 8.12. The molecule has 1 rings (SSSR count). The average molecular weight is 308 g/mol. The lowest BCUT2D eigenvalue weighted by atomic mass is 10.1. The fourth-order valence-electron chi connectivity index (χ4n) is 2.10. The van der Waals surface area contributed by atoms with Crippen molar-refractivity contribution in [1.82, 2.24) is 9.03 Å². The van der Waals surface area contributed by atoms with Crippen molar-refractivity contribution in [2.45, 2.75) is 45.8 Å². The van der Waals surface area contributed by atoms with Crippen molar-refractivity contribution in [2.24, 2.45) is 5.92 Å². The van der Waals surface area contributed by atoms with E-state index < -0.39 is 27.8 Å². The summed E-state index contributed by atoms with van der Waals surface area (Å²) < 4.78 is 33.5. The van der Waals surface area contributed by atoms with Gasteiger partial charge < -0.3 is 9.84 Å². The molecule has 0 bridgehead atoms. The van der Waals surface area contributed by atoms with Crippen LogP contribution in [0.4, 0.5) is 0 Å². The minimum absolute atomic E-state index is 0.0833. The summed E-state index contributed by atoms with van der Waals surface area (Å²) in [5.74, 6) is -1.07. The lowest BCUT2D eigenvalue weighted by molar-refractivity contribution is -0.139. The van der Waals surface area contributed by atoms with E-state index in [1.165, 1.54) is 4.31 Å². The molecule has 1 aliphatic rings. The van der Waals surface area contributed by atoms with E-state index in [-0.39, 0.29) is 25.4 Å². The van der Waals surface area contributed by atoms with E-state index in [9.17, 15) is 13.2 Å². The number of carbonyl (C=O) groups is 1. The predicted octanol–water partition coefficient (Wildman–Crippen LogP) is 0.431. The quantitative estimate of drug-likeness (QED) is 0.742. The van der Waals surface area contributed by atoms with Gasteiger partial charge in [0, 0.05) is 13.1 Å². The zero-order valence-corrected chi connectivity index (χ0v) is 13.2. The van der Waals surface area contributed by atoms with Crippen LogP contribution in [0.2, 0.25) is 0 Å².